The summed E-state index contributed by atoms with van der Waals surface area (Å²) in [5.41, 5.74) is 4.22. The SMILES string of the molecule is CC(C)OC(=O)N1CCc2cc(CN3C[C@H](c4ccccc4)NC3=O)ccc21. The average Bonchev–Trinajstić information content (AvgIpc) is 3.25. The van der Waals surface area contributed by atoms with E-state index in [1.54, 1.807) is 4.90 Å². The molecule has 146 valence electrons. The lowest BCUT2D eigenvalue weighted by Gasteiger charge is -2.19. The Balaban J connectivity index is 1.44. The molecule has 0 aromatic heterocycles. The van der Waals surface area contributed by atoms with E-state index < -0.39 is 0 Å². The molecule has 3 amide bonds. The molecule has 0 aliphatic carbocycles. The lowest BCUT2D eigenvalue weighted by Crippen LogP contribution is -2.31. The van der Waals surface area contributed by atoms with Crippen LogP contribution in [-0.2, 0) is 17.7 Å². The van der Waals surface area contributed by atoms with Gasteiger partial charge in [0.2, 0.25) is 0 Å². The summed E-state index contributed by atoms with van der Waals surface area (Å²) < 4.78 is 5.32. The Labute approximate surface area is 165 Å². The van der Waals surface area contributed by atoms with Gasteiger partial charge in [0.15, 0.2) is 0 Å². The van der Waals surface area contributed by atoms with Crippen LogP contribution in [-0.4, -0.2) is 36.2 Å². The normalized spacial score (nSPS) is 18.4. The standard InChI is InChI=1S/C22H25N3O3/c1-15(2)28-22(27)25-11-10-18-12-16(8-9-20(18)25)13-24-14-19(23-21(24)26)17-6-4-3-5-7-17/h3-9,12,15,19H,10-11,13-14H2,1-2H3,(H,23,26)/t19-/m1/s1. The van der Waals surface area contributed by atoms with Crippen LogP contribution in [0.1, 0.15) is 36.6 Å². The molecule has 6 nitrogen and oxygen atoms in total. The van der Waals surface area contributed by atoms with Crippen LogP contribution in [0.4, 0.5) is 15.3 Å². The van der Waals surface area contributed by atoms with Gasteiger partial charge in [-0.15, -0.1) is 0 Å². The van der Waals surface area contributed by atoms with E-state index >= 15 is 0 Å². The molecule has 28 heavy (non-hydrogen) atoms. The van der Waals surface area contributed by atoms with Crippen LogP contribution in [0, 0.1) is 0 Å². The molecule has 0 radical (unpaired) electrons. The van der Waals surface area contributed by atoms with E-state index in [4.69, 9.17) is 4.74 Å². The van der Waals surface area contributed by atoms with Crippen molar-refractivity contribution in [1.29, 1.82) is 0 Å². The fraction of sp³-hybridized carbons (Fsp3) is 0.364. The number of carbonyl (C=O) groups excluding carboxylic acids is 2. The van der Waals surface area contributed by atoms with Crippen molar-refractivity contribution in [3.63, 3.8) is 0 Å². The van der Waals surface area contributed by atoms with Gasteiger partial charge in [-0.05, 0) is 43.0 Å². The predicted octanol–water partition coefficient (Wildman–Crippen LogP) is 3.86. The van der Waals surface area contributed by atoms with E-state index in [-0.39, 0.29) is 24.3 Å². The molecular formula is C22H25N3O3. The summed E-state index contributed by atoms with van der Waals surface area (Å²) in [5, 5.41) is 3.05. The number of carbonyl (C=O) groups is 2. The fourth-order valence-corrected chi connectivity index (χ4v) is 3.83. The molecule has 0 bridgehead atoms. The van der Waals surface area contributed by atoms with Gasteiger partial charge in [-0.3, -0.25) is 4.90 Å². The minimum atomic E-state index is -0.300. The molecule has 1 N–H and O–H groups in total. The third-order valence-electron chi connectivity index (χ3n) is 5.16. The van der Waals surface area contributed by atoms with Gasteiger partial charge >= 0.3 is 12.1 Å². The molecule has 1 atom stereocenters. The zero-order valence-corrected chi connectivity index (χ0v) is 16.2. The van der Waals surface area contributed by atoms with E-state index in [9.17, 15) is 9.59 Å². The summed E-state index contributed by atoms with van der Waals surface area (Å²) in [6.07, 6.45) is 0.364. The van der Waals surface area contributed by atoms with Gasteiger partial charge in [0.05, 0.1) is 17.8 Å². The van der Waals surface area contributed by atoms with Crippen molar-refractivity contribution in [1.82, 2.24) is 10.2 Å². The molecule has 2 aliphatic heterocycles. The number of hydrogen-bond donors (Lipinski definition) is 1. The first kappa shape index (κ1) is 18.3. The van der Waals surface area contributed by atoms with Crippen molar-refractivity contribution >= 4 is 17.8 Å². The van der Waals surface area contributed by atoms with Gasteiger partial charge in [-0.2, -0.15) is 0 Å². The highest BCUT2D eigenvalue weighted by molar-refractivity contribution is 5.90. The first-order valence-corrected chi connectivity index (χ1v) is 9.71. The third kappa shape index (κ3) is 3.67. The number of ether oxygens (including phenoxy) is 1. The molecule has 0 saturated carbocycles. The number of benzene rings is 2. The Hall–Kier alpha value is -3.02. The summed E-state index contributed by atoms with van der Waals surface area (Å²) in [5.74, 6) is 0. The zero-order chi connectivity index (χ0) is 19.7. The van der Waals surface area contributed by atoms with Gasteiger partial charge in [0, 0.05) is 19.6 Å². The smallest absolute Gasteiger partial charge is 0.414 e. The number of nitrogens with zero attached hydrogens (tertiary/aromatic N) is 2. The van der Waals surface area contributed by atoms with E-state index in [1.165, 1.54) is 0 Å². The third-order valence-corrected chi connectivity index (χ3v) is 5.16. The molecule has 6 heteroatoms. The van der Waals surface area contributed by atoms with E-state index in [1.807, 2.05) is 61.2 Å². The molecular weight excluding hydrogens is 354 g/mol. The Kier molecular flexibility index (Phi) is 4.94. The summed E-state index contributed by atoms with van der Waals surface area (Å²) in [4.78, 5) is 28.1. The minimum absolute atomic E-state index is 0.0180. The van der Waals surface area contributed by atoms with Crippen LogP contribution in [0.3, 0.4) is 0 Å². The van der Waals surface area contributed by atoms with E-state index in [2.05, 4.69) is 11.4 Å². The van der Waals surface area contributed by atoms with E-state index in [0.29, 0.717) is 19.6 Å². The van der Waals surface area contributed by atoms with Crippen LogP contribution in [0.2, 0.25) is 0 Å². The summed E-state index contributed by atoms with van der Waals surface area (Å²) >= 11 is 0. The topological polar surface area (TPSA) is 61.9 Å². The molecule has 2 aromatic carbocycles. The Bertz CT molecular complexity index is 882. The van der Waals surface area contributed by atoms with Gasteiger partial charge in [-0.1, -0.05) is 42.5 Å². The van der Waals surface area contributed by atoms with Gasteiger partial charge in [-0.25, -0.2) is 9.59 Å². The van der Waals surface area contributed by atoms with Crippen molar-refractivity contribution < 1.29 is 14.3 Å². The molecule has 2 aliphatic rings. The van der Waals surface area contributed by atoms with Crippen LogP contribution in [0.5, 0.6) is 0 Å². The Morgan fingerprint density at radius 1 is 1.21 bits per heavy atom. The average molecular weight is 379 g/mol. The second-order valence-corrected chi connectivity index (χ2v) is 7.59. The van der Waals surface area contributed by atoms with Gasteiger partial charge < -0.3 is 15.0 Å². The van der Waals surface area contributed by atoms with Crippen molar-refractivity contribution in [3.05, 3.63) is 65.2 Å². The fourth-order valence-electron chi connectivity index (χ4n) is 3.83. The highest BCUT2D eigenvalue weighted by atomic mass is 16.6. The number of rotatable bonds is 4. The highest BCUT2D eigenvalue weighted by Crippen LogP contribution is 2.30. The second-order valence-electron chi connectivity index (χ2n) is 7.59. The number of nitrogens with one attached hydrogen (secondary N) is 1. The predicted molar refractivity (Wildman–Crippen MR) is 107 cm³/mol. The Morgan fingerprint density at radius 3 is 2.75 bits per heavy atom. The maximum Gasteiger partial charge on any atom is 0.414 e. The lowest BCUT2D eigenvalue weighted by molar-refractivity contribution is 0.123. The first-order valence-electron chi connectivity index (χ1n) is 9.71. The molecule has 0 spiro atoms. The molecule has 0 unspecified atom stereocenters. The maximum atomic E-state index is 12.4. The summed E-state index contributed by atoms with van der Waals surface area (Å²) in [7, 11) is 0. The molecule has 2 heterocycles. The van der Waals surface area contributed by atoms with Crippen LogP contribution in [0.25, 0.3) is 0 Å². The summed E-state index contributed by atoms with van der Waals surface area (Å²) in [6, 6.07) is 16.0. The summed E-state index contributed by atoms with van der Waals surface area (Å²) in [6.45, 7) is 5.53. The largest absolute Gasteiger partial charge is 0.446 e. The molecule has 1 fully saturated rings. The van der Waals surface area contributed by atoms with Crippen molar-refractivity contribution in [2.75, 3.05) is 18.0 Å². The van der Waals surface area contributed by atoms with Crippen molar-refractivity contribution in [3.8, 4) is 0 Å². The lowest BCUT2D eigenvalue weighted by atomic mass is 10.1. The van der Waals surface area contributed by atoms with Crippen LogP contribution in [0.15, 0.2) is 48.5 Å². The van der Waals surface area contributed by atoms with Crippen LogP contribution < -0.4 is 10.2 Å². The van der Waals surface area contributed by atoms with Gasteiger partial charge in [0.25, 0.3) is 0 Å². The maximum absolute atomic E-state index is 12.4. The first-order chi connectivity index (χ1) is 13.5. The number of fused-ring (bicyclic) bond motifs is 1. The minimum Gasteiger partial charge on any atom is -0.446 e. The number of anilines is 1. The number of urea groups is 1. The monoisotopic (exact) mass is 379 g/mol. The Morgan fingerprint density at radius 2 is 2.00 bits per heavy atom. The molecule has 1 saturated heterocycles. The van der Waals surface area contributed by atoms with Crippen LogP contribution >= 0.6 is 0 Å². The molecule has 2 aromatic rings. The highest BCUT2D eigenvalue weighted by Gasteiger charge is 2.30. The van der Waals surface area contributed by atoms with Crippen molar-refractivity contribution in [2.24, 2.45) is 0 Å². The number of hydrogen-bond acceptors (Lipinski definition) is 3. The molecule has 4 rings (SSSR count). The van der Waals surface area contributed by atoms with Gasteiger partial charge in [0.1, 0.15) is 0 Å². The second kappa shape index (κ2) is 7.54. The van der Waals surface area contributed by atoms with Crippen molar-refractivity contribution in [2.45, 2.75) is 39.0 Å². The number of amides is 3. The quantitative estimate of drug-likeness (QED) is 0.877. The van der Waals surface area contributed by atoms with E-state index in [0.717, 1.165) is 28.8 Å². The zero-order valence-electron chi connectivity index (χ0n) is 16.2.